The maximum atomic E-state index is 6.08. The van der Waals surface area contributed by atoms with Crippen molar-refractivity contribution in [1.29, 1.82) is 0 Å². The number of ether oxygens (including phenoxy) is 1. The van der Waals surface area contributed by atoms with Gasteiger partial charge in [0.2, 0.25) is 0 Å². The van der Waals surface area contributed by atoms with Crippen molar-refractivity contribution in [2.45, 2.75) is 12.8 Å². The van der Waals surface area contributed by atoms with Crippen LogP contribution in [0.2, 0.25) is 5.02 Å². The number of halogens is 3. The quantitative estimate of drug-likeness (QED) is 0.625. The van der Waals surface area contributed by atoms with Crippen LogP contribution in [-0.4, -0.2) is 0 Å². The van der Waals surface area contributed by atoms with E-state index in [1.54, 1.807) is 6.07 Å². The van der Waals surface area contributed by atoms with Crippen LogP contribution in [0, 0.1) is 6.92 Å². The fourth-order valence-corrected chi connectivity index (χ4v) is 2.40. The summed E-state index contributed by atoms with van der Waals surface area (Å²) in [5.41, 5.74) is 1.92. The van der Waals surface area contributed by atoms with Crippen LogP contribution < -0.4 is 4.74 Å². The van der Waals surface area contributed by atoms with Crippen LogP contribution >= 0.6 is 39.1 Å². The van der Waals surface area contributed by atoms with E-state index in [-0.39, 0.29) is 0 Å². The number of hydrogen-bond donors (Lipinski definition) is 0. The number of hydrogen-bond acceptors (Lipinski definition) is 1. The highest BCUT2D eigenvalue weighted by Gasteiger charge is 2.08. The number of aryl methyl sites for hydroxylation is 1. The molecule has 4 heteroatoms. The lowest BCUT2D eigenvalue weighted by Crippen LogP contribution is -1.91. The summed E-state index contributed by atoms with van der Waals surface area (Å²) >= 11 is 15.4. The zero-order chi connectivity index (χ0) is 13.1. The van der Waals surface area contributed by atoms with E-state index in [1.807, 2.05) is 37.3 Å². The van der Waals surface area contributed by atoms with Gasteiger partial charge in [0.25, 0.3) is 0 Å². The number of benzene rings is 2. The third-order valence-corrected chi connectivity index (χ3v) is 4.08. The average molecular weight is 346 g/mol. The second-order valence-corrected chi connectivity index (χ2v) is 5.39. The lowest BCUT2D eigenvalue weighted by molar-refractivity contribution is 0.478. The molecule has 0 radical (unpaired) electrons. The summed E-state index contributed by atoms with van der Waals surface area (Å²) in [6, 6.07) is 11.3. The average Bonchev–Trinajstić information content (AvgIpc) is 2.34. The minimum absolute atomic E-state index is 0.324. The minimum atomic E-state index is 0.324. The molecule has 0 aliphatic heterocycles. The normalized spacial score (nSPS) is 10.4. The van der Waals surface area contributed by atoms with E-state index in [2.05, 4.69) is 15.9 Å². The molecule has 2 aromatic carbocycles. The molecule has 0 spiro atoms. The van der Waals surface area contributed by atoms with E-state index in [1.165, 1.54) is 0 Å². The van der Waals surface area contributed by atoms with E-state index in [4.69, 9.17) is 27.9 Å². The lowest BCUT2D eigenvalue weighted by atomic mass is 10.2. The summed E-state index contributed by atoms with van der Waals surface area (Å²) in [4.78, 5) is 0. The van der Waals surface area contributed by atoms with Crippen LogP contribution in [0.5, 0.6) is 11.5 Å². The lowest BCUT2D eigenvalue weighted by Gasteiger charge is -2.11. The van der Waals surface area contributed by atoms with Crippen molar-refractivity contribution in [3.8, 4) is 11.5 Å². The van der Waals surface area contributed by atoms with E-state index in [9.17, 15) is 0 Å². The monoisotopic (exact) mass is 344 g/mol. The van der Waals surface area contributed by atoms with Crippen LogP contribution in [-0.2, 0) is 5.88 Å². The SMILES string of the molecule is Cc1cc(Oc2cccc(Cl)c2CCl)ccc1Br. The molecule has 0 saturated carbocycles. The third-order valence-electron chi connectivity index (χ3n) is 2.57. The first-order chi connectivity index (χ1) is 8.61. The highest BCUT2D eigenvalue weighted by molar-refractivity contribution is 9.10. The molecular formula is C14H11BrCl2O. The predicted octanol–water partition coefficient (Wildman–Crippen LogP) is 5.94. The van der Waals surface area contributed by atoms with E-state index in [0.717, 1.165) is 21.3 Å². The molecule has 0 aromatic heterocycles. The second kappa shape index (κ2) is 5.96. The van der Waals surface area contributed by atoms with Gasteiger partial charge in [0, 0.05) is 15.1 Å². The smallest absolute Gasteiger partial charge is 0.133 e. The van der Waals surface area contributed by atoms with Gasteiger partial charge in [0.05, 0.1) is 5.88 Å². The number of alkyl halides is 1. The largest absolute Gasteiger partial charge is 0.457 e. The van der Waals surface area contributed by atoms with Crippen molar-refractivity contribution in [2.24, 2.45) is 0 Å². The highest BCUT2D eigenvalue weighted by atomic mass is 79.9. The summed E-state index contributed by atoms with van der Waals surface area (Å²) in [7, 11) is 0. The molecule has 0 amide bonds. The molecule has 1 nitrogen and oxygen atoms in total. The van der Waals surface area contributed by atoms with Gasteiger partial charge >= 0.3 is 0 Å². The van der Waals surface area contributed by atoms with Crippen molar-refractivity contribution >= 4 is 39.1 Å². The Labute approximate surface area is 125 Å². The maximum Gasteiger partial charge on any atom is 0.133 e. The molecular weight excluding hydrogens is 335 g/mol. The molecule has 18 heavy (non-hydrogen) atoms. The molecule has 2 aromatic rings. The van der Waals surface area contributed by atoms with Crippen LogP contribution in [0.1, 0.15) is 11.1 Å². The van der Waals surface area contributed by atoms with Crippen LogP contribution in [0.4, 0.5) is 0 Å². The van der Waals surface area contributed by atoms with Crippen LogP contribution in [0.25, 0.3) is 0 Å². The van der Waals surface area contributed by atoms with Crippen molar-refractivity contribution in [2.75, 3.05) is 0 Å². The molecule has 0 aliphatic rings. The van der Waals surface area contributed by atoms with Gasteiger partial charge in [0.1, 0.15) is 11.5 Å². The summed E-state index contributed by atoms with van der Waals surface area (Å²) in [5, 5.41) is 0.622. The molecule has 0 heterocycles. The molecule has 0 unspecified atom stereocenters. The molecule has 0 aliphatic carbocycles. The predicted molar refractivity (Wildman–Crippen MR) is 80.0 cm³/mol. The molecule has 94 valence electrons. The highest BCUT2D eigenvalue weighted by Crippen LogP contribution is 2.32. The minimum Gasteiger partial charge on any atom is -0.457 e. The first-order valence-corrected chi connectivity index (χ1v) is 7.09. The summed E-state index contributed by atoms with van der Waals surface area (Å²) in [6.07, 6.45) is 0. The zero-order valence-corrected chi connectivity index (χ0v) is 12.8. The van der Waals surface area contributed by atoms with E-state index >= 15 is 0 Å². The van der Waals surface area contributed by atoms with Gasteiger partial charge in [0.15, 0.2) is 0 Å². The number of rotatable bonds is 3. The Morgan fingerprint density at radius 1 is 1.22 bits per heavy atom. The van der Waals surface area contributed by atoms with Gasteiger partial charge in [-0.05, 0) is 42.8 Å². The Morgan fingerprint density at radius 2 is 2.00 bits per heavy atom. The first kappa shape index (κ1) is 13.7. The molecule has 0 atom stereocenters. The van der Waals surface area contributed by atoms with Crippen LogP contribution in [0.15, 0.2) is 40.9 Å². The van der Waals surface area contributed by atoms with Crippen molar-refractivity contribution in [1.82, 2.24) is 0 Å². The van der Waals surface area contributed by atoms with E-state index in [0.29, 0.717) is 16.7 Å². The van der Waals surface area contributed by atoms with Gasteiger partial charge in [-0.15, -0.1) is 11.6 Å². The molecule has 2 rings (SSSR count). The Bertz CT molecular complexity index is 570. The Kier molecular flexibility index (Phi) is 4.55. The van der Waals surface area contributed by atoms with Gasteiger partial charge in [-0.1, -0.05) is 33.6 Å². The fraction of sp³-hybridized carbons (Fsp3) is 0.143. The first-order valence-electron chi connectivity index (χ1n) is 5.39. The Hall–Kier alpha value is -0.700. The molecule has 0 fully saturated rings. The summed E-state index contributed by atoms with van der Waals surface area (Å²) in [5.74, 6) is 1.79. The van der Waals surface area contributed by atoms with Gasteiger partial charge in [-0.3, -0.25) is 0 Å². The molecule has 0 saturated heterocycles. The van der Waals surface area contributed by atoms with Gasteiger partial charge < -0.3 is 4.74 Å². The second-order valence-electron chi connectivity index (χ2n) is 3.86. The van der Waals surface area contributed by atoms with Crippen molar-refractivity contribution in [3.05, 3.63) is 57.0 Å². The van der Waals surface area contributed by atoms with Crippen LogP contribution in [0.3, 0.4) is 0 Å². The van der Waals surface area contributed by atoms with E-state index < -0.39 is 0 Å². The molecule has 0 bridgehead atoms. The third kappa shape index (κ3) is 3.00. The summed E-state index contributed by atoms with van der Waals surface area (Å²) < 4.78 is 6.88. The molecule has 0 N–H and O–H groups in total. The Morgan fingerprint density at radius 3 is 2.67 bits per heavy atom. The standard InChI is InChI=1S/C14H11BrCl2O/c1-9-7-10(5-6-12(9)15)18-14-4-2-3-13(17)11(14)8-16/h2-7H,8H2,1H3. The maximum absolute atomic E-state index is 6.08. The Balaban J connectivity index is 2.34. The topological polar surface area (TPSA) is 9.23 Å². The summed E-state index contributed by atoms with van der Waals surface area (Å²) in [6.45, 7) is 2.01. The van der Waals surface area contributed by atoms with Gasteiger partial charge in [-0.2, -0.15) is 0 Å². The van der Waals surface area contributed by atoms with Gasteiger partial charge in [-0.25, -0.2) is 0 Å². The fourth-order valence-electron chi connectivity index (χ4n) is 1.57. The van der Waals surface area contributed by atoms with Crippen molar-refractivity contribution in [3.63, 3.8) is 0 Å². The zero-order valence-electron chi connectivity index (χ0n) is 9.71. The van der Waals surface area contributed by atoms with Crippen molar-refractivity contribution < 1.29 is 4.74 Å².